The molecule has 124 valence electrons. The van der Waals surface area contributed by atoms with Crippen molar-refractivity contribution in [2.24, 2.45) is 5.92 Å². The minimum absolute atomic E-state index is 0. The van der Waals surface area contributed by atoms with Crippen molar-refractivity contribution in [2.75, 3.05) is 26.2 Å². The Bertz CT molecular complexity index is 665. The van der Waals surface area contributed by atoms with Crippen LogP contribution in [0.3, 0.4) is 0 Å². The molecule has 0 aromatic heterocycles. The number of carbonyl (C=O) groups is 1. The molecule has 1 fully saturated rings. The zero-order chi connectivity index (χ0) is 15.4. The molecule has 2 aromatic carbocycles. The molecule has 2 unspecified atom stereocenters. The topological polar surface area (TPSA) is 70.6 Å². The molecule has 1 aliphatic heterocycles. The van der Waals surface area contributed by atoms with Gasteiger partial charge in [0.25, 0.3) is 5.91 Å². The molecule has 2 aromatic rings. The van der Waals surface area contributed by atoms with Crippen LogP contribution in [0.4, 0.5) is 0 Å². The first-order chi connectivity index (χ1) is 10.7. The summed E-state index contributed by atoms with van der Waals surface area (Å²) in [5, 5.41) is 17.8. The molecule has 1 aliphatic rings. The summed E-state index contributed by atoms with van der Waals surface area (Å²) in [4.78, 5) is 11.8. The second-order valence-corrected chi connectivity index (χ2v) is 5.59. The van der Waals surface area contributed by atoms with E-state index in [1.807, 2.05) is 42.5 Å². The Morgan fingerprint density at radius 1 is 1.22 bits per heavy atom. The lowest BCUT2D eigenvalue weighted by Gasteiger charge is -2.14. The summed E-state index contributed by atoms with van der Waals surface area (Å²) in [6, 6.07) is 13.8. The number of ether oxygens (including phenoxy) is 1. The van der Waals surface area contributed by atoms with Crippen molar-refractivity contribution in [3.63, 3.8) is 0 Å². The van der Waals surface area contributed by atoms with Crippen LogP contribution >= 0.6 is 12.4 Å². The highest BCUT2D eigenvalue weighted by Gasteiger charge is 2.24. The van der Waals surface area contributed by atoms with Crippen molar-refractivity contribution < 1.29 is 14.6 Å². The molecule has 5 nitrogen and oxygen atoms in total. The number of β-amino-alcohol motifs (C(OH)–C–C–N with tert-alkyl or cyclic N) is 1. The van der Waals surface area contributed by atoms with Crippen LogP contribution in [0.25, 0.3) is 10.8 Å². The van der Waals surface area contributed by atoms with Crippen LogP contribution in [0.1, 0.15) is 0 Å². The lowest BCUT2D eigenvalue weighted by atomic mass is 10.1. The molecule has 0 radical (unpaired) electrons. The first-order valence-corrected chi connectivity index (χ1v) is 7.49. The zero-order valence-corrected chi connectivity index (χ0v) is 13.5. The fraction of sp³-hybridized carbons (Fsp3) is 0.353. The number of rotatable bonds is 5. The van der Waals surface area contributed by atoms with E-state index >= 15 is 0 Å². The summed E-state index contributed by atoms with van der Waals surface area (Å²) in [5.41, 5.74) is 0. The van der Waals surface area contributed by atoms with Gasteiger partial charge in [-0.2, -0.15) is 0 Å². The van der Waals surface area contributed by atoms with Crippen LogP contribution in [-0.2, 0) is 4.79 Å². The smallest absolute Gasteiger partial charge is 0.257 e. The van der Waals surface area contributed by atoms with Crippen LogP contribution in [-0.4, -0.2) is 43.4 Å². The molecular formula is C17H21ClN2O3. The van der Waals surface area contributed by atoms with E-state index in [-0.39, 0.29) is 36.9 Å². The van der Waals surface area contributed by atoms with Crippen molar-refractivity contribution in [1.29, 1.82) is 0 Å². The quantitative estimate of drug-likeness (QED) is 0.770. The van der Waals surface area contributed by atoms with Crippen molar-refractivity contribution in [3.8, 4) is 5.75 Å². The minimum atomic E-state index is -0.387. The number of hydrogen-bond acceptors (Lipinski definition) is 4. The van der Waals surface area contributed by atoms with Gasteiger partial charge in [-0.25, -0.2) is 0 Å². The summed E-state index contributed by atoms with van der Waals surface area (Å²) in [5.74, 6) is 0.577. The lowest BCUT2D eigenvalue weighted by molar-refractivity contribution is -0.123. The molecule has 2 atom stereocenters. The van der Waals surface area contributed by atoms with E-state index in [0.717, 1.165) is 17.3 Å². The highest BCUT2D eigenvalue weighted by Crippen LogP contribution is 2.20. The van der Waals surface area contributed by atoms with Crippen LogP contribution in [0.5, 0.6) is 5.75 Å². The van der Waals surface area contributed by atoms with Gasteiger partial charge in [0.1, 0.15) is 5.75 Å². The minimum Gasteiger partial charge on any atom is -0.484 e. The van der Waals surface area contributed by atoms with E-state index in [9.17, 15) is 9.90 Å². The molecule has 3 N–H and O–H groups in total. The van der Waals surface area contributed by atoms with E-state index in [1.54, 1.807) is 0 Å². The summed E-state index contributed by atoms with van der Waals surface area (Å²) in [7, 11) is 0. The normalized spacial score (nSPS) is 20.0. The molecule has 23 heavy (non-hydrogen) atoms. The van der Waals surface area contributed by atoms with Gasteiger partial charge in [-0.1, -0.05) is 30.3 Å². The van der Waals surface area contributed by atoms with Gasteiger partial charge in [-0.15, -0.1) is 12.4 Å². The zero-order valence-electron chi connectivity index (χ0n) is 12.7. The van der Waals surface area contributed by atoms with Crippen LogP contribution in [0.2, 0.25) is 0 Å². The molecule has 1 amide bonds. The van der Waals surface area contributed by atoms with E-state index in [4.69, 9.17) is 4.74 Å². The SMILES string of the molecule is Cl.O=C(COc1ccc2ccccc2c1)NCC1CNCC1O. The first-order valence-electron chi connectivity index (χ1n) is 7.49. The largest absolute Gasteiger partial charge is 0.484 e. The van der Waals surface area contributed by atoms with Gasteiger partial charge < -0.3 is 20.5 Å². The van der Waals surface area contributed by atoms with Gasteiger partial charge in [0, 0.05) is 25.6 Å². The third kappa shape index (κ3) is 4.58. The van der Waals surface area contributed by atoms with Gasteiger partial charge in [-0.3, -0.25) is 4.79 Å². The third-order valence-corrected chi connectivity index (χ3v) is 3.96. The Labute approximate surface area is 141 Å². The van der Waals surface area contributed by atoms with Gasteiger partial charge in [0.05, 0.1) is 6.10 Å². The Morgan fingerprint density at radius 2 is 2.00 bits per heavy atom. The third-order valence-electron chi connectivity index (χ3n) is 3.96. The number of aliphatic hydroxyl groups excluding tert-OH is 1. The highest BCUT2D eigenvalue weighted by molar-refractivity contribution is 5.85. The number of halogens is 1. The number of aliphatic hydroxyl groups is 1. The fourth-order valence-electron chi connectivity index (χ4n) is 2.63. The fourth-order valence-corrected chi connectivity index (χ4v) is 2.63. The Morgan fingerprint density at radius 3 is 2.74 bits per heavy atom. The predicted octanol–water partition coefficient (Wildman–Crippen LogP) is 1.34. The van der Waals surface area contributed by atoms with Crippen molar-refractivity contribution in [1.82, 2.24) is 10.6 Å². The summed E-state index contributed by atoms with van der Waals surface area (Å²) < 4.78 is 5.53. The van der Waals surface area contributed by atoms with Gasteiger partial charge >= 0.3 is 0 Å². The van der Waals surface area contributed by atoms with Gasteiger partial charge in [0.2, 0.25) is 0 Å². The van der Waals surface area contributed by atoms with E-state index < -0.39 is 0 Å². The standard InChI is InChI=1S/C17H20N2O3.ClH/c20-16-10-18-8-14(16)9-19-17(21)11-22-15-6-5-12-3-1-2-4-13(12)7-15;/h1-7,14,16,18,20H,8-11H2,(H,19,21);1H. The lowest BCUT2D eigenvalue weighted by Crippen LogP contribution is -2.36. The maximum atomic E-state index is 11.8. The predicted molar refractivity (Wildman–Crippen MR) is 92.1 cm³/mol. The summed E-state index contributed by atoms with van der Waals surface area (Å²) in [6.45, 7) is 1.77. The number of hydrogen-bond donors (Lipinski definition) is 3. The average Bonchev–Trinajstić information content (AvgIpc) is 2.96. The molecule has 0 spiro atoms. The maximum absolute atomic E-state index is 11.8. The van der Waals surface area contributed by atoms with E-state index in [2.05, 4.69) is 10.6 Å². The number of nitrogens with one attached hydrogen (secondary N) is 2. The van der Waals surface area contributed by atoms with E-state index in [0.29, 0.717) is 18.8 Å². The average molecular weight is 337 g/mol. The molecular weight excluding hydrogens is 316 g/mol. The monoisotopic (exact) mass is 336 g/mol. The summed E-state index contributed by atoms with van der Waals surface area (Å²) in [6.07, 6.45) is -0.387. The molecule has 0 aliphatic carbocycles. The summed E-state index contributed by atoms with van der Waals surface area (Å²) >= 11 is 0. The number of benzene rings is 2. The second kappa shape index (κ2) is 8.15. The van der Waals surface area contributed by atoms with Crippen molar-refractivity contribution >= 4 is 29.1 Å². The molecule has 3 rings (SSSR count). The van der Waals surface area contributed by atoms with Crippen molar-refractivity contribution in [3.05, 3.63) is 42.5 Å². The Hall–Kier alpha value is -1.82. The Balaban J connectivity index is 0.00000192. The molecule has 1 heterocycles. The van der Waals surface area contributed by atoms with E-state index in [1.165, 1.54) is 0 Å². The van der Waals surface area contributed by atoms with Crippen molar-refractivity contribution in [2.45, 2.75) is 6.10 Å². The van der Waals surface area contributed by atoms with Crippen LogP contribution in [0, 0.1) is 5.92 Å². The van der Waals surface area contributed by atoms with Gasteiger partial charge in [0.15, 0.2) is 6.61 Å². The van der Waals surface area contributed by atoms with Crippen LogP contribution < -0.4 is 15.4 Å². The molecule has 1 saturated heterocycles. The second-order valence-electron chi connectivity index (χ2n) is 5.59. The molecule has 0 saturated carbocycles. The number of carbonyl (C=O) groups excluding carboxylic acids is 1. The van der Waals surface area contributed by atoms with Crippen LogP contribution in [0.15, 0.2) is 42.5 Å². The molecule has 6 heteroatoms. The number of fused-ring (bicyclic) bond motifs is 1. The molecule has 0 bridgehead atoms. The number of amides is 1. The van der Waals surface area contributed by atoms with Gasteiger partial charge in [-0.05, 0) is 22.9 Å². The first kappa shape index (κ1) is 17.5. The maximum Gasteiger partial charge on any atom is 0.257 e. The highest BCUT2D eigenvalue weighted by atomic mass is 35.5. The Kier molecular flexibility index (Phi) is 6.21.